The minimum absolute atomic E-state index is 0.0848. The maximum absolute atomic E-state index is 6.09. The molecule has 0 aromatic rings. The second kappa shape index (κ2) is 3.13. The molecule has 13 heavy (non-hydrogen) atoms. The fourth-order valence-electron chi connectivity index (χ4n) is 2.63. The molecule has 74 valence electrons. The summed E-state index contributed by atoms with van der Waals surface area (Å²) < 4.78 is 6.09. The zero-order valence-corrected chi connectivity index (χ0v) is 8.81. The largest absolute Gasteiger partial charge is 0.368 e. The van der Waals surface area contributed by atoms with E-state index in [0.717, 1.165) is 5.92 Å². The Morgan fingerprint density at radius 3 is 2.92 bits per heavy atom. The van der Waals surface area contributed by atoms with Gasteiger partial charge in [-0.1, -0.05) is 6.58 Å². The predicted octanol–water partition coefficient (Wildman–Crippen LogP) is 3.30. The van der Waals surface area contributed by atoms with Gasteiger partial charge in [0.1, 0.15) is 0 Å². The van der Waals surface area contributed by atoms with Gasteiger partial charge in [-0.2, -0.15) is 0 Å². The van der Waals surface area contributed by atoms with Crippen LogP contribution in [-0.2, 0) is 4.74 Å². The molecular weight excluding hydrogens is 160 g/mol. The summed E-state index contributed by atoms with van der Waals surface area (Å²) in [6.07, 6.45) is 6.76. The molecular formula is C12H20O. The molecule has 0 aromatic heterocycles. The van der Waals surface area contributed by atoms with Gasteiger partial charge in [-0.15, -0.1) is 0 Å². The average Bonchev–Trinajstić information content (AvgIpc) is 2.06. The monoisotopic (exact) mass is 180 g/mol. The van der Waals surface area contributed by atoms with Crippen LogP contribution in [0.15, 0.2) is 12.2 Å². The average molecular weight is 180 g/mol. The summed E-state index contributed by atoms with van der Waals surface area (Å²) in [7, 11) is 0. The first kappa shape index (κ1) is 9.26. The second-order valence-corrected chi connectivity index (χ2v) is 5.15. The van der Waals surface area contributed by atoms with Crippen LogP contribution in [0, 0.1) is 5.92 Å². The molecule has 1 heteroatoms. The van der Waals surface area contributed by atoms with E-state index in [1.807, 2.05) is 0 Å². The van der Waals surface area contributed by atoms with E-state index in [2.05, 4.69) is 20.4 Å². The van der Waals surface area contributed by atoms with Gasteiger partial charge in [0.25, 0.3) is 0 Å². The smallest absolute Gasteiger partial charge is 0.0817 e. The SMILES string of the molecule is C=C1CCCC2CCC(C)(C)OC12. The van der Waals surface area contributed by atoms with E-state index in [4.69, 9.17) is 4.74 Å². The number of hydrogen-bond donors (Lipinski definition) is 0. The first-order valence-electron chi connectivity index (χ1n) is 5.44. The third kappa shape index (κ3) is 1.80. The van der Waals surface area contributed by atoms with Crippen molar-refractivity contribution in [1.82, 2.24) is 0 Å². The van der Waals surface area contributed by atoms with Crippen molar-refractivity contribution in [2.75, 3.05) is 0 Å². The highest BCUT2D eigenvalue weighted by atomic mass is 16.5. The van der Waals surface area contributed by atoms with E-state index in [1.165, 1.54) is 37.7 Å². The molecule has 1 nitrogen and oxygen atoms in total. The molecule has 0 aromatic carbocycles. The molecule has 0 spiro atoms. The predicted molar refractivity (Wildman–Crippen MR) is 54.7 cm³/mol. The molecule has 1 aliphatic carbocycles. The Hall–Kier alpha value is -0.300. The first-order valence-corrected chi connectivity index (χ1v) is 5.44. The maximum Gasteiger partial charge on any atom is 0.0817 e. The molecule has 0 N–H and O–H groups in total. The van der Waals surface area contributed by atoms with Crippen molar-refractivity contribution in [2.24, 2.45) is 5.92 Å². The van der Waals surface area contributed by atoms with Gasteiger partial charge >= 0.3 is 0 Å². The molecule has 2 unspecified atom stereocenters. The van der Waals surface area contributed by atoms with E-state index < -0.39 is 0 Å². The molecule has 0 bridgehead atoms. The number of ether oxygens (including phenoxy) is 1. The lowest BCUT2D eigenvalue weighted by atomic mass is 9.76. The van der Waals surface area contributed by atoms with Crippen molar-refractivity contribution in [3.63, 3.8) is 0 Å². The summed E-state index contributed by atoms with van der Waals surface area (Å²) in [6.45, 7) is 8.54. The quantitative estimate of drug-likeness (QED) is 0.520. The van der Waals surface area contributed by atoms with E-state index >= 15 is 0 Å². The van der Waals surface area contributed by atoms with Crippen LogP contribution in [0.3, 0.4) is 0 Å². The molecule has 2 fully saturated rings. The van der Waals surface area contributed by atoms with Crippen LogP contribution in [-0.4, -0.2) is 11.7 Å². The van der Waals surface area contributed by atoms with E-state index in [9.17, 15) is 0 Å². The Morgan fingerprint density at radius 1 is 1.38 bits per heavy atom. The van der Waals surface area contributed by atoms with Gasteiger partial charge in [-0.3, -0.25) is 0 Å². The lowest BCUT2D eigenvalue weighted by molar-refractivity contribution is -0.125. The molecule has 1 aliphatic heterocycles. The Bertz CT molecular complexity index is 217. The van der Waals surface area contributed by atoms with Gasteiger partial charge in [0, 0.05) is 0 Å². The van der Waals surface area contributed by atoms with Gasteiger partial charge in [0.2, 0.25) is 0 Å². The third-order valence-corrected chi connectivity index (χ3v) is 3.47. The van der Waals surface area contributed by atoms with E-state index in [0.29, 0.717) is 6.10 Å². The van der Waals surface area contributed by atoms with Crippen molar-refractivity contribution in [1.29, 1.82) is 0 Å². The van der Waals surface area contributed by atoms with Crippen molar-refractivity contribution in [3.05, 3.63) is 12.2 Å². The molecule has 1 saturated heterocycles. The number of hydrogen-bond acceptors (Lipinski definition) is 1. The van der Waals surface area contributed by atoms with Crippen LogP contribution >= 0.6 is 0 Å². The minimum atomic E-state index is 0.0848. The molecule has 2 rings (SSSR count). The lowest BCUT2D eigenvalue weighted by Gasteiger charge is -2.44. The zero-order chi connectivity index (χ0) is 9.47. The van der Waals surface area contributed by atoms with Crippen LogP contribution in [0.5, 0.6) is 0 Å². The highest BCUT2D eigenvalue weighted by Crippen LogP contribution is 2.41. The summed E-state index contributed by atoms with van der Waals surface area (Å²) >= 11 is 0. The van der Waals surface area contributed by atoms with Crippen molar-refractivity contribution >= 4 is 0 Å². The van der Waals surface area contributed by atoms with Gasteiger partial charge in [0.05, 0.1) is 11.7 Å². The maximum atomic E-state index is 6.09. The number of rotatable bonds is 0. The molecule has 2 atom stereocenters. The van der Waals surface area contributed by atoms with Gasteiger partial charge < -0.3 is 4.74 Å². The van der Waals surface area contributed by atoms with E-state index in [-0.39, 0.29) is 5.60 Å². The standard InChI is InChI=1S/C12H20O/c1-9-5-4-6-10-7-8-12(2,3)13-11(9)10/h10-11H,1,4-8H2,2-3H3. The van der Waals surface area contributed by atoms with Crippen LogP contribution in [0.25, 0.3) is 0 Å². The lowest BCUT2D eigenvalue weighted by Crippen LogP contribution is -2.43. The summed E-state index contributed by atoms with van der Waals surface area (Å²) in [5, 5.41) is 0. The third-order valence-electron chi connectivity index (χ3n) is 3.47. The Morgan fingerprint density at radius 2 is 2.15 bits per heavy atom. The molecule has 1 saturated carbocycles. The van der Waals surface area contributed by atoms with Gasteiger partial charge in [-0.05, 0) is 57.4 Å². The van der Waals surface area contributed by atoms with Crippen LogP contribution in [0.2, 0.25) is 0 Å². The zero-order valence-electron chi connectivity index (χ0n) is 8.81. The topological polar surface area (TPSA) is 9.23 Å². The Balaban J connectivity index is 2.10. The van der Waals surface area contributed by atoms with Crippen LogP contribution in [0.1, 0.15) is 46.0 Å². The fourth-order valence-corrected chi connectivity index (χ4v) is 2.63. The summed E-state index contributed by atoms with van der Waals surface area (Å²) in [6, 6.07) is 0. The molecule has 0 amide bonds. The first-order chi connectivity index (χ1) is 6.08. The molecule has 1 heterocycles. The normalized spacial score (nSPS) is 38.5. The summed E-state index contributed by atoms with van der Waals surface area (Å²) in [5.74, 6) is 0.772. The van der Waals surface area contributed by atoms with Crippen LogP contribution in [0.4, 0.5) is 0 Å². The summed E-state index contributed by atoms with van der Waals surface area (Å²) in [5.41, 5.74) is 1.42. The molecule has 0 radical (unpaired) electrons. The van der Waals surface area contributed by atoms with Crippen molar-refractivity contribution in [3.8, 4) is 0 Å². The highest BCUT2D eigenvalue weighted by molar-refractivity contribution is 5.10. The fraction of sp³-hybridized carbons (Fsp3) is 0.833. The molecule has 2 aliphatic rings. The Kier molecular flexibility index (Phi) is 2.23. The van der Waals surface area contributed by atoms with Crippen molar-refractivity contribution < 1.29 is 4.74 Å². The number of fused-ring (bicyclic) bond motifs is 1. The van der Waals surface area contributed by atoms with Crippen molar-refractivity contribution in [2.45, 2.75) is 57.7 Å². The van der Waals surface area contributed by atoms with Crippen LogP contribution < -0.4 is 0 Å². The van der Waals surface area contributed by atoms with Gasteiger partial charge in [0.15, 0.2) is 0 Å². The van der Waals surface area contributed by atoms with E-state index in [1.54, 1.807) is 0 Å². The van der Waals surface area contributed by atoms with Gasteiger partial charge in [-0.25, -0.2) is 0 Å². The highest BCUT2D eigenvalue weighted by Gasteiger charge is 2.38. The second-order valence-electron chi connectivity index (χ2n) is 5.15. The summed E-state index contributed by atoms with van der Waals surface area (Å²) in [4.78, 5) is 0. The minimum Gasteiger partial charge on any atom is -0.368 e. The Labute approximate surface area is 81.2 Å².